The summed E-state index contributed by atoms with van der Waals surface area (Å²) in [4.78, 5) is 0.869. The lowest BCUT2D eigenvalue weighted by atomic mass is 11.8. The van der Waals surface area contributed by atoms with Crippen molar-refractivity contribution in [3.8, 4) is 0 Å². The van der Waals surface area contributed by atoms with E-state index in [-0.39, 0.29) is 6.30 Å². The van der Waals surface area contributed by atoms with Crippen molar-refractivity contribution in [2.75, 3.05) is 11.3 Å². The van der Waals surface area contributed by atoms with Gasteiger partial charge in [0.05, 0.1) is 15.1 Å². The Bertz CT molecular complexity index is 30.0. The average Bonchev–Trinajstić information content (AvgIpc) is 1.65. The lowest BCUT2D eigenvalue weighted by molar-refractivity contribution is 0.589. The quantitative estimate of drug-likeness (QED) is 0.435. The summed E-state index contributed by atoms with van der Waals surface area (Å²) in [5, 5.41) is 0. The van der Waals surface area contributed by atoms with Crippen molar-refractivity contribution in [1.29, 1.82) is 0 Å². The van der Waals surface area contributed by atoms with Gasteiger partial charge in [-0.1, -0.05) is 22.5 Å². The monoisotopic (exact) mass is 169 g/mol. The molecular formula is C3H7BrFSi. The summed E-state index contributed by atoms with van der Waals surface area (Å²) < 4.78 is 11.4. The molecule has 0 aliphatic heterocycles. The summed E-state index contributed by atoms with van der Waals surface area (Å²) >= 11 is 3.18. The van der Waals surface area contributed by atoms with Gasteiger partial charge >= 0.3 is 0 Å². The Balaban J connectivity index is 2.75. The highest BCUT2D eigenvalue weighted by Crippen LogP contribution is 1.87. The third kappa shape index (κ3) is 2.84. The van der Waals surface area contributed by atoms with Crippen molar-refractivity contribution in [3.05, 3.63) is 0 Å². The number of halogens is 2. The molecule has 0 nitrogen and oxygen atoms in total. The molecule has 0 rings (SSSR count). The molecule has 3 heteroatoms. The van der Waals surface area contributed by atoms with Gasteiger partial charge in [0.25, 0.3) is 0 Å². The molecule has 0 saturated carbocycles. The van der Waals surface area contributed by atoms with Crippen LogP contribution in [0.2, 0.25) is 6.55 Å². The van der Waals surface area contributed by atoms with Gasteiger partial charge in [0.2, 0.25) is 0 Å². The zero-order chi connectivity index (χ0) is 4.99. The molecule has 0 N–H and O–H groups in total. The van der Waals surface area contributed by atoms with Gasteiger partial charge in [0.15, 0.2) is 0 Å². The van der Waals surface area contributed by atoms with Crippen LogP contribution in [-0.4, -0.2) is 20.0 Å². The number of alkyl halides is 2. The van der Waals surface area contributed by atoms with Crippen LogP contribution in [0.5, 0.6) is 0 Å². The molecular weight excluding hydrogens is 163 g/mol. The fourth-order valence-corrected chi connectivity index (χ4v) is 0.557. The van der Waals surface area contributed by atoms with Gasteiger partial charge in [0, 0.05) is 0 Å². The van der Waals surface area contributed by atoms with Crippen LogP contribution in [0.3, 0.4) is 0 Å². The Hall–Kier alpha value is 0.627. The first-order valence-corrected chi connectivity index (χ1v) is 5.28. The van der Waals surface area contributed by atoms with E-state index in [2.05, 4.69) is 15.9 Å². The molecule has 6 heavy (non-hydrogen) atoms. The second-order valence-corrected chi connectivity index (χ2v) is 5.36. The van der Waals surface area contributed by atoms with Gasteiger partial charge in [-0.05, 0) is 4.95 Å². The molecule has 0 heterocycles. The molecule has 37 valence electrons. The van der Waals surface area contributed by atoms with Gasteiger partial charge in [-0.25, -0.2) is 0 Å². The smallest absolute Gasteiger partial charge is 0.0959 e. The molecule has 0 spiro atoms. The SMILES string of the molecule is C[Si](CF)CBr. The van der Waals surface area contributed by atoms with E-state index in [1.807, 2.05) is 6.55 Å². The summed E-state index contributed by atoms with van der Waals surface area (Å²) in [7, 11) is -0.618. The molecule has 0 atom stereocenters. The first-order valence-electron chi connectivity index (χ1n) is 1.74. The highest BCUT2D eigenvalue weighted by molar-refractivity contribution is 9.09. The molecule has 0 aliphatic rings. The molecule has 0 bridgehead atoms. The van der Waals surface area contributed by atoms with Crippen molar-refractivity contribution in [2.45, 2.75) is 6.55 Å². The van der Waals surface area contributed by atoms with Crippen molar-refractivity contribution in [2.24, 2.45) is 0 Å². The summed E-state index contributed by atoms with van der Waals surface area (Å²) in [5.41, 5.74) is 0. The topological polar surface area (TPSA) is 0 Å². The fraction of sp³-hybridized carbons (Fsp3) is 1.00. The lowest BCUT2D eigenvalue weighted by Crippen LogP contribution is -2.11. The molecule has 0 unspecified atom stereocenters. The van der Waals surface area contributed by atoms with Crippen LogP contribution in [0.15, 0.2) is 0 Å². The maximum atomic E-state index is 11.4. The number of hydrogen-bond donors (Lipinski definition) is 0. The zero-order valence-electron chi connectivity index (χ0n) is 3.67. The predicted molar refractivity (Wildman–Crippen MR) is 31.4 cm³/mol. The summed E-state index contributed by atoms with van der Waals surface area (Å²) in [5.74, 6) is 0. The Labute approximate surface area is 47.5 Å². The van der Waals surface area contributed by atoms with Crippen LogP contribution in [0.1, 0.15) is 0 Å². The van der Waals surface area contributed by atoms with Crippen LogP contribution >= 0.6 is 15.9 Å². The standard InChI is InChI=1S/C3H7BrFSi/c1-6(2-4)3-5/h2-3H2,1H3. The van der Waals surface area contributed by atoms with Crippen LogP contribution in [0.25, 0.3) is 0 Å². The third-order valence-corrected chi connectivity index (χ3v) is 4.24. The molecule has 0 amide bonds. The van der Waals surface area contributed by atoms with E-state index in [0.717, 1.165) is 4.95 Å². The van der Waals surface area contributed by atoms with E-state index < -0.39 is 8.80 Å². The highest BCUT2D eigenvalue weighted by atomic mass is 79.9. The summed E-state index contributed by atoms with van der Waals surface area (Å²) in [6.07, 6.45) is -0.115. The number of hydrogen-bond acceptors (Lipinski definition) is 0. The van der Waals surface area contributed by atoms with Crippen molar-refractivity contribution >= 4 is 24.7 Å². The van der Waals surface area contributed by atoms with Crippen molar-refractivity contribution < 1.29 is 4.39 Å². The van der Waals surface area contributed by atoms with Crippen LogP contribution < -0.4 is 0 Å². The first kappa shape index (κ1) is 6.63. The van der Waals surface area contributed by atoms with E-state index in [1.54, 1.807) is 0 Å². The molecule has 0 aromatic heterocycles. The second-order valence-electron chi connectivity index (χ2n) is 1.22. The summed E-state index contributed by atoms with van der Waals surface area (Å²) in [6, 6.07) is 0. The molecule has 0 aromatic carbocycles. The van der Waals surface area contributed by atoms with Gasteiger partial charge in [0.1, 0.15) is 0 Å². The largest absolute Gasteiger partial charge is 0.255 e. The molecule has 0 aliphatic carbocycles. The van der Waals surface area contributed by atoms with Gasteiger partial charge in [-0.15, -0.1) is 0 Å². The minimum absolute atomic E-state index is 0.115. The summed E-state index contributed by atoms with van der Waals surface area (Å²) in [6.45, 7) is 1.96. The Morgan fingerprint density at radius 1 is 1.83 bits per heavy atom. The minimum Gasteiger partial charge on any atom is -0.255 e. The Kier molecular flexibility index (Phi) is 4.20. The van der Waals surface area contributed by atoms with E-state index in [0.29, 0.717) is 0 Å². The van der Waals surface area contributed by atoms with Crippen LogP contribution in [-0.2, 0) is 0 Å². The molecule has 1 radical (unpaired) electrons. The first-order chi connectivity index (χ1) is 2.81. The minimum atomic E-state index is -0.618. The normalized spacial score (nSPS) is 10.0. The van der Waals surface area contributed by atoms with Gasteiger partial charge in [-0.3, -0.25) is 4.39 Å². The Morgan fingerprint density at radius 3 is 2.33 bits per heavy atom. The van der Waals surface area contributed by atoms with E-state index in [1.165, 1.54) is 0 Å². The van der Waals surface area contributed by atoms with E-state index in [4.69, 9.17) is 0 Å². The van der Waals surface area contributed by atoms with Crippen molar-refractivity contribution in [3.63, 3.8) is 0 Å². The van der Waals surface area contributed by atoms with Gasteiger partial charge in [-0.2, -0.15) is 0 Å². The molecule has 0 fully saturated rings. The van der Waals surface area contributed by atoms with E-state index in [9.17, 15) is 4.39 Å². The molecule has 0 saturated heterocycles. The lowest BCUT2D eigenvalue weighted by Gasteiger charge is -1.91. The third-order valence-electron chi connectivity index (χ3n) is 0.456. The predicted octanol–water partition coefficient (Wildman–Crippen LogP) is 1.55. The van der Waals surface area contributed by atoms with Gasteiger partial charge < -0.3 is 0 Å². The zero-order valence-corrected chi connectivity index (χ0v) is 6.26. The van der Waals surface area contributed by atoms with Crippen LogP contribution in [0, 0.1) is 0 Å². The second kappa shape index (κ2) is 3.80. The molecule has 0 aromatic rings. The maximum Gasteiger partial charge on any atom is 0.0959 e. The van der Waals surface area contributed by atoms with Crippen molar-refractivity contribution in [1.82, 2.24) is 0 Å². The maximum absolute atomic E-state index is 11.4. The van der Waals surface area contributed by atoms with E-state index >= 15 is 0 Å². The Morgan fingerprint density at radius 2 is 2.33 bits per heavy atom. The fourth-order valence-electron chi connectivity index (χ4n) is 0.0357. The number of rotatable bonds is 2. The highest BCUT2D eigenvalue weighted by Gasteiger charge is 1.96. The van der Waals surface area contributed by atoms with Crippen LogP contribution in [0.4, 0.5) is 4.39 Å². The average molecular weight is 170 g/mol.